The fourth-order valence-corrected chi connectivity index (χ4v) is 3.61. The summed E-state index contributed by atoms with van der Waals surface area (Å²) in [5, 5.41) is 9.03. The molecule has 5 heteroatoms. The normalized spacial score (nSPS) is 25.7. The van der Waals surface area contributed by atoms with Gasteiger partial charge in [-0.15, -0.1) is 0 Å². The van der Waals surface area contributed by atoms with E-state index in [0.717, 1.165) is 12.8 Å². The minimum absolute atomic E-state index is 0.124. The summed E-state index contributed by atoms with van der Waals surface area (Å²) in [5.74, 6) is 0. The Labute approximate surface area is 101 Å². The van der Waals surface area contributed by atoms with Crippen molar-refractivity contribution < 1.29 is 18.3 Å². The lowest BCUT2D eigenvalue weighted by Gasteiger charge is -2.28. The van der Waals surface area contributed by atoms with Crippen LogP contribution in [-0.4, -0.2) is 31.7 Å². The van der Waals surface area contributed by atoms with Crippen LogP contribution in [0.25, 0.3) is 0 Å². The van der Waals surface area contributed by atoms with E-state index in [-0.39, 0.29) is 17.6 Å². The molecule has 0 aromatic heterocycles. The van der Waals surface area contributed by atoms with E-state index in [1.807, 2.05) is 0 Å². The van der Waals surface area contributed by atoms with Gasteiger partial charge in [-0.3, -0.25) is 0 Å². The Hall–Kier alpha value is -0.910. The van der Waals surface area contributed by atoms with Crippen molar-refractivity contribution >= 4 is 9.84 Å². The van der Waals surface area contributed by atoms with Crippen LogP contribution in [0.2, 0.25) is 0 Å². The molecule has 17 heavy (non-hydrogen) atoms. The third-order valence-corrected chi connectivity index (χ3v) is 4.90. The SMILES string of the molecule is O=S(=O)(c1ccccc1)[C@@H]1CCC[C@@H](CO)O1. The Bertz CT molecular complexity index is 455. The highest BCUT2D eigenvalue weighted by molar-refractivity contribution is 7.91. The molecule has 1 aromatic rings. The maximum absolute atomic E-state index is 12.2. The average molecular weight is 256 g/mol. The first-order chi connectivity index (χ1) is 8.14. The topological polar surface area (TPSA) is 63.6 Å². The maximum Gasteiger partial charge on any atom is 0.205 e. The summed E-state index contributed by atoms with van der Waals surface area (Å²) < 4.78 is 29.9. The third-order valence-electron chi connectivity index (χ3n) is 2.93. The van der Waals surface area contributed by atoms with E-state index in [4.69, 9.17) is 9.84 Å². The molecular formula is C12H16O4S. The summed E-state index contributed by atoms with van der Waals surface area (Å²) in [7, 11) is -3.44. The smallest absolute Gasteiger partial charge is 0.205 e. The van der Waals surface area contributed by atoms with Gasteiger partial charge >= 0.3 is 0 Å². The molecule has 0 saturated carbocycles. The fraction of sp³-hybridized carbons (Fsp3) is 0.500. The molecule has 1 N–H and O–H groups in total. The monoisotopic (exact) mass is 256 g/mol. The van der Waals surface area contributed by atoms with Crippen LogP contribution >= 0.6 is 0 Å². The van der Waals surface area contributed by atoms with Gasteiger partial charge in [-0.1, -0.05) is 18.2 Å². The lowest BCUT2D eigenvalue weighted by molar-refractivity contribution is -0.0372. The molecule has 0 radical (unpaired) electrons. The summed E-state index contributed by atoms with van der Waals surface area (Å²) in [4.78, 5) is 0.281. The highest BCUT2D eigenvalue weighted by Gasteiger charge is 2.33. The maximum atomic E-state index is 12.2. The van der Waals surface area contributed by atoms with Crippen molar-refractivity contribution in [1.29, 1.82) is 0 Å². The summed E-state index contributed by atoms with van der Waals surface area (Å²) in [6.45, 7) is -0.124. The number of sulfone groups is 1. The first kappa shape index (κ1) is 12.5. The van der Waals surface area contributed by atoms with Crippen LogP contribution in [0, 0.1) is 0 Å². The Morgan fingerprint density at radius 3 is 2.59 bits per heavy atom. The minimum Gasteiger partial charge on any atom is -0.394 e. The number of rotatable bonds is 3. The second kappa shape index (κ2) is 5.16. The third kappa shape index (κ3) is 2.68. The van der Waals surface area contributed by atoms with E-state index < -0.39 is 15.3 Å². The average Bonchev–Trinajstić information content (AvgIpc) is 2.40. The van der Waals surface area contributed by atoms with Crippen molar-refractivity contribution in [2.45, 2.75) is 35.7 Å². The van der Waals surface area contributed by atoms with Crippen LogP contribution in [0.1, 0.15) is 19.3 Å². The molecular weight excluding hydrogens is 240 g/mol. The molecule has 0 amide bonds. The predicted molar refractivity (Wildman–Crippen MR) is 63.2 cm³/mol. The van der Waals surface area contributed by atoms with Crippen molar-refractivity contribution in [3.8, 4) is 0 Å². The van der Waals surface area contributed by atoms with Gasteiger partial charge in [0.2, 0.25) is 9.84 Å². The first-order valence-corrected chi connectivity index (χ1v) is 7.24. The zero-order valence-electron chi connectivity index (χ0n) is 9.45. The van der Waals surface area contributed by atoms with Gasteiger partial charge < -0.3 is 9.84 Å². The molecule has 0 spiro atoms. The lowest BCUT2D eigenvalue weighted by atomic mass is 10.1. The number of benzene rings is 1. The molecule has 1 aliphatic rings. The standard InChI is InChI=1S/C12H16O4S/c13-9-10-5-4-8-12(16-10)17(14,15)11-6-2-1-3-7-11/h1-3,6-7,10,12-13H,4-5,8-9H2/t10-,12+/m0/s1. The van der Waals surface area contributed by atoms with E-state index in [2.05, 4.69) is 0 Å². The zero-order chi connectivity index (χ0) is 12.3. The van der Waals surface area contributed by atoms with E-state index in [0.29, 0.717) is 6.42 Å². The quantitative estimate of drug-likeness (QED) is 0.886. The van der Waals surface area contributed by atoms with Crippen LogP contribution < -0.4 is 0 Å². The van der Waals surface area contributed by atoms with Crippen molar-refractivity contribution in [3.63, 3.8) is 0 Å². The summed E-state index contributed by atoms with van der Waals surface area (Å²) >= 11 is 0. The van der Waals surface area contributed by atoms with Gasteiger partial charge in [-0.05, 0) is 31.4 Å². The largest absolute Gasteiger partial charge is 0.394 e. The Balaban J connectivity index is 2.21. The molecule has 2 rings (SSSR count). The second-order valence-electron chi connectivity index (χ2n) is 4.16. The molecule has 0 aliphatic carbocycles. The molecule has 2 atom stereocenters. The van der Waals surface area contributed by atoms with E-state index in [1.165, 1.54) is 0 Å². The highest BCUT2D eigenvalue weighted by atomic mass is 32.2. The van der Waals surface area contributed by atoms with E-state index >= 15 is 0 Å². The van der Waals surface area contributed by atoms with Gasteiger partial charge in [-0.2, -0.15) is 0 Å². The van der Waals surface area contributed by atoms with E-state index in [1.54, 1.807) is 30.3 Å². The van der Waals surface area contributed by atoms with Gasteiger partial charge in [0.05, 0.1) is 17.6 Å². The Morgan fingerprint density at radius 1 is 1.24 bits per heavy atom. The Morgan fingerprint density at radius 2 is 1.94 bits per heavy atom. The highest BCUT2D eigenvalue weighted by Crippen LogP contribution is 2.27. The fourth-order valence-electron chi connectivity index (χ4n) is 1.99. The van der Waals surface area contributed by atoms with Gasteiger partial charge in [0.25, 0.3) is 0 Å². The first-order valence-electron chi connectivity index (χ1n) is 5.70. The molecule has 1 aliphatic heterocycles. The second-order valence-corrected chi connectivity index (χ2v) is 6.25. The summed E-state index contributed by atoms with van der Waals surface area (Å²) in [6, 6.07) is 8.30. The van der Waals surface area contributed by atoms with Crippen molar-refractivity contribution in [1.82, 2.24) is 0 Å². The molecule has 0 unspecified atom stereocenters. The van der Waals surface area contributed by atoms with Crippen LogP contribution in [0.15, 0.2) is 35.2 Å². The number of aliphatic hydroxyl groups excluding tert-OH is 1. The number of hydrogen-bond acceptors (Lipinski definition) is 4. The zero-order valence-corrected chi connectivity index (χ0v) is 10.3. The van der Waals surface area contributed by atoms with Crippen molar-refractivity contribution in [3.05, 3.63) is 30.3 Å². The molecule has 1 aromatic carbocycles. The Kier molecular flexibility index (Phi) is 3.81. The van der Waals surface area contributed by atoms with Crippen molar-refractivity contribution in [2.75, 3.05) is 6.61 Å². The summed E-state index contributed by atoms with van der Waals surface area (Å²) in [5.41, 5.74) is -0.823. The number of ether oxygens (including phenoxy) is 1. The van der Waals surface area contributed by atoms with Gasteiger partial charge in [-0.25, -0.2) is 8.42 Å². The van der Waals surface area contributed by atoms with Crippen LogP contribution in [0.3, 0.4) is 0 Å². The van der Waals surface area contributed by atoms with Crippen LogP contribution in [-0.2, 0) is 14.6 Å². The molecule has 1 heterocycles. The molecule has 4 nitrogen and oxygen atoms in total. The predicted octanol–water partition coefficient (Wildman–Crippen LogP) is 1.35. The lowest BCUT2D eigenvalue weighted by Crippen LogP contribution is -2.35. The van der Waals surface area contributed by atoms with E-state index in [9.17, 15) is 8.42 Å². The van der Waals surface area contributed by atoms with Gasteiger partial charge in [0, 0.05) is 0 Å². The van der Waals surface area contributed by atoms with Gasteiger partial charge in [0.15, 0.2) is 5.44 Å². The molecule has 0 bridgehead atoms. The van der Waals surface area contributed by atoms with Crippen molar-refractivity contribution in [2.24, 2.45) is 0 Å². The van der Waals surface area contributed by atoms with Crippen LogP contribution in [0.4, 0.5) is 0 Å². The van der Waals surface area contributed by atoms with Crippen LogP contribution in [0.5, 0.6) is 0 Å². The minimum atomic E-state index is -3.44. The summed E-state index contributed by atoms with van der Waals surface area (Å²) in [6.07, 6.45) is 1.62. The number of hydrogen-bond donors (Lipinski definition) is 1. The number of aliphatic hydroxyl groups is 1. The van der Waals surface area contributed by atoms with Gasteiger partial charge in [0.1, 0.15) is 0 Å². The molecule has 1 saturated heterocycles. The molecule has 1 fully saturated rings. The molecule has 94 valence electrons.